The molecule has 3 heterocycles. The van der Waals surface area contributed by atoms with Crippen molar-refractivity contribution >= 4 is 23.3 Å². The van der Waals surface area contributed by atoms with Crippen LogP contribution in [0.2, 0.25) is 0 Å². The molecule has 0 fully saturated rings. The van der Waals surface area contributed by atoms with Gasteiger partial charge in [-0.05, 0) is 42.0 Å². The van der Waals surface area contributed by atoms with Crippen molar-refractivity contribution in [3.8, 4) is 11.4 Å². The van der Waals surface area contributed by atoms with Gasteiger partial charge < -0.3 is 5.32 Å². The van der Waals surface area contributed by atoms with Gasteiger partial charge in [-0.1, -0.05) is 30.0 Å². The quantitative estimate of drug-likeness (QED) is 0.506. The second-order valence-electron chi connectivity index (χ2n) is 5.88. The molecule has 0 aliphatic heterocycles. The van der Waals surface area contributed by atoms with Gasteiger partial charge in [-0.2, -0.15) is 9.61 Å². The molecule has 0 bridgehead atoms. The number of carbonyl (C=O) groups excluding carboxylic acids is 1. The first-order valence-corrected chi connectivity index (χ1v) is 9.45. The van der Waals surface area contributed by atoms with Gasteiger partial charge in [0.2, 0.25) is 11.1 Å². The Balaban J connectivity index is 1.41. The van der Waals surface area contributed by atoms with E-state index < -0.39 is 0 Å². The average Bonchev–Trinajstić information content (AvgIpc) is 3.15. The summed E-state index contributed by atoms with van der Waals surface area (Å²) in [5.41, 5.74) is 2.85. The Morgan fingerprint density at radius 3 is 2.68 bits per heavy atom. The van der Waals surface area contributed by atoms with Gasteiger partial charge in [-0.25, -0.2) is 4.39 Å². The molecule has 0 saturated heterocycles. The molecule has 0 spiro atoms. The van der Waals surface area contributed by atoms with Crippen molar-refractivity contribution in [3.63, 3.8) is 0 Å². The number of nitrogens with one attached hydrogen (secondary N) is 1. The van der Waals surface area contributed by atoms with Crippen LogP contribution in [0.3, 0.4) is 0 Å². The number of thioether (sulfide) groups is 1. The Kier molecular flexibility index (Phi) is 5.24. The molecule has 9 heteroatoms. The lowest BCUT2D eigenvalue weighted by Crippen LogP contribution is -2.24. The molecule has 0 unspecified atom stereocenters. The Morgan fingerprint density at radius 1 is 1.04 bits per heavy atom. The van der Waals surface area contributed by atoms with Gasteiger partial charge in [0.05, 0.1) is 11.4 Å². The second-order valence-corrected chi connectivity index (χ2v) is 6.82. The zero-order chi connectivity index (χ0) is 19.3. The molecule has 3 aromatic heterocycles. The Morgan fingerprint density at radius 2 is 1.89 bits per heavy atom. The molecule has 1 amide bonds. The summed E-state index contributed by atoms with van der Waals surface area (Å²) >= 11 is 1.24. The molecule has 7 nitrogen and oxygen atoms in total. The van der Waals surface area contributed by atoms with E-state index in [0.29, 0.717) is 23.0 Å². The van der Waals surface area contributed by atoms with Gasteiger partial charge >= 0.3 is 0 Å². The number of halogens is 1. The van der Waals surface area contributed by atoms with Crippen LogP contribution >= 0.6 is 11.8 Å². The van der Waals surface area contributed by atoms with Crippen LogP contribution in [0.5, 0.6) is 0 Å². The van der Waals surface area contributed by atoms with Gasteiger partial charge in [0.15, 0.2) is 5.65 Å². The van der Waals surface area contributed by atoms with Gasteiger partial charge in [0.1, 0.15) is 11.5 Å². The summed E-state index contributed by atoms with van der Waals surface area (Å²) in [7, 11) is 0. The van der Waals surface area contributed by atoms with Crippen molar-refractivity contribution in [3.05, 3.63) is 72.2 Å². The summed E-state index contributed by atoms with van der Waals surface area (Å²) in [5, 5.41) is 16.0. The third-order valence-corrected chi connectivity index (χ3v) is 4.82. The fraction of sp³-hybridized carbons (Fsp3) is 0.105. The summed E-state index contributed by atoms with van der Waals surface area (Å²) < 4.78 is 14.5. The Hall–Kier alpha value is -3.33. The lowest BCUT2D eigenvalue weighted by atomic mass is 10.2. The number of nitrogens with zero attached hydrogens (tertiary/aromatic N) is 5. The number of carbonyl (C=O) groups is 1. The molecule has 0 aliphatic rings. The first-order chi connectivity index (χ1) is 13.7. The number of aromatic nitrogens is 5. The highest BCUT2D eigenvalue weighted by Crippen LogP contribution is 2.19. The summed E-state index contributed by atoms with van der Waals surface area (Å²) in [5.74, 6) is -0.300. The lowest BCUT2D eigenvalue weighted by Gasteiger charge is -2.05. The molecule has 1 N–H and O–H groups in total. The smallest absolute Gasteiger partial charge is 0.230 e. The van der Waals surface area contributed by atoms with Crippen LogP contribution in [0.4, 0.5) is 4.39 Å². The van der Waals surface area contributed by atoms with Crippen molar-refractivity contribution in [1.29, 1.82) is 0 Å². The molecule has 0 aliphatic carbocycles. The summed E-state index contributed by atoms with van der Waals surface area (Å²) in [6.07, 6.45) is 1.70. The average molecular weight is 394 g/mol. The summed E-state index contributed by atoms with van der Waals surface area (Å²) in [6.45, 7) is 0.336. The van der Waals surface area contributed by atoms with E-state index in [1.165, 1.54) is 23.9 Å². The molecular formula is C19H15FN6OS. The Bertz CT molecular complexity index is 1100. The molecule has 4 aromatic rings. The van der Waals surface area contributed by atoms with Crippen LogP contribution < -0.4 is 5.32 Å². The van der Waals surface area contributed by atoms with Gasteiger partial charge in [0, 0.05) is 12.7 Å². The molecule has 0 saturated carbocycles. The SMILES string of the molecule is O=C(CSc1nnc2ccc(-c3ccccn3)nn12)NCc1ccc(F)cc1. The van der Waals surface area contributed by atoms with Crippen molar-refractivity contribution in [2.24, 2.45) is 0 Å². The van der Waals surface area contributed by atoms with Gasteiger partial charge in [0.25, 0.3) is 0 Å². The highest BCUT2D eigenvalue weighted by Gasteiger charge is 2.12. The summed E-state index contributed by atoms with van der Waals surface area (Å²) in [6, 6.07) is 15.2. The topological polar surface area (TPSA) is 85.1 Å². The first kappa shape index (κ1) is 18.1. The van der Waals surface area contributed by atoms with Crippen LogP contribution in [0.15, 0.2) is 66.0 Å². The highest BCUT2D eigenvalue weighted by molar-refractivity contribution is 7.99. The fourth-order valence-corrected chi connectivity index (χ4v) is 3.21. The third kappa shape index (κ3) is 4.15. The van der Waals surface area contributed by atoms with E-state index in [9.17, 15) is 9.18 Å². The number of hydrogen-bond donors (Lipinski definition) is 1. The molecular weight excluding hydrogens is 379 g/mol. The van der Waals surface area contributed by atoms with E-state index in [1.54, 1.807) is 22.8 Å². The number of pyridine rings is 1. The van der Waals surface area contributed by atoms with Crippen molar-refractivity contribution in [2.75, 3.05) is 5.75 Å². The number of hydrogen-bond acceptors (Lipinski definition) is 6. The van der Waals surface area contributed by atoms with E-state index in [4.69, 9.17) is 0 Å². The van der Waals surface area contributed by atoms with E-state index in [2.05, 4.69) is 25.6 Å². The maximum Gasteiger partial charge on any atom is 0.230 e. The van der Waals surface area contributed by atoms with Gasteiger partial charge in [-0.15, -0.1) is 10.2 Å². The number of amides is 1. The molecule has 1 aromatic carbocycles. The predicted octanol–water partition coefficient (Wildman–Crippen LogP) is 2.73. The zero-order valence-corrected chi connectivity index (χ0v) is 15.4. The standard InChI is InChI=1S/C19H15FN6OS/c20-14-6-4-13(5-7-14)11-22-18(27)12-28-19-24-23-17-9-8-16(25-26(17)19)15-3-1-2-10-21-15/h1-10H,11-12H2,(H,22,27). The largest absolute Gasteiger partial charge is 0.351 e. The van der Waals surface area contributed by atoms with E-state index >= 15 is 0 Å². The summed E-state index contributed by atoms with van der Waals surface area (Å²) in [4.78, 5) is 16.4. The minimum absolute atomic E-state index is 0.160. The van der Waals surface area contributed by atoms with Crippen LogP contribution in [0.25, 0.3) is 17.0 Å². The van der Waals surface area contributed by atoms with Crippen molar-refractivity contribution in [2.45, 2.75) is 11.7 Å². The highest BCUT2D eigenvalue weighted by atomic mass is 32.2. The maximum absolute atomic E-state index is 12.9. The molecule has 0 atom stereocenters. The van der Waals surface area contributed by atoms with Crippen LogP contribution in [0, 0.1) is 5.82 Å². The van der Waals surface area contributed by atoms with E-state index in [-0.39, 0.29) is 17.5 Å². The fourth-order valence-electron chi connectivity index (χ4n) is 2.49. The van der Waals surface area contributed by atoms with Crippen LogP contribution in [-0.4, -0.2) is 36.5 Å². The number of benzene rings is 1. The van der Waals surface area contributed by atoms with Crippen molar-refractivity contribution < 1.29 is 9.18 Å². The minimum Gasteiger partial charge on any atom is -0.351 e. The monoisotopic (exact) mass is 394 g/mol. The molecule has 140 valence electrons. The first-order valence-electron chi connectivity index (χ1n) is 8.47. The molecule has 0 radical (unpaired) electrons. The van der Waals surface area contributed by atoms with Crippen molar-refractivity contribution in [1.82, 2.24) is 30.1 Å². The maximum atomic E-state index is 12.9. The Labute approximate surface area is 164 Å². The predicted molar refractivity (Wildman–Crippen MR) is 103 cm³/mol. The second kappa shape index (κ2) is 8.13. The zero-order valence-electron chi connectivity index (χ0n) is 14.6. The number of fused-ring (bicyclic) bond motifs is 1. The van der Waals surface area contributed by atoms with Crippen LogP contribution in [0.1, 0.15) is 5.56 Å². The number of rotatable bonds is 6. The lowest BCUT2D eigenvalue weighted by molar-refractivity contribution is -0.118. The molecule has 28 heavy (non-hydrogen) atoms. The minimum atomic E-state index is -0.304. The van der Waals surface area contributed by atoms with Crippen LogP contribution in [-0.2, 0) is 11.3 Å². The normalized spacial score (nSPS) is 10.9. The third-order valence-electron chi connectivity index (χ3n) is 3.90. The van der Waals surface area contributed by atoms with Gasteiger partial charge in [-0.3, -0.25) is 9.78 Å². The van der Waals surface area contributed by atoms with E-state index in [0.717, 1.165) is 11.3 Å². The molecule has 4 rings (SSSR count). The van der Waals surface area contributed by atoms with E-state index in [1.807, 2.05) is 30.3 Å².